The van der Waals surface area contributed by atoms with Gasteiger partial charge in [0, 0.05) is 29.4 Å². The number of hydrogen-bond donors (Lipinski definition) is 1. The van der Waals surface area contributed by atoms with Gasteiger partial charge in [-0.25, -0.2) is 0 Å². The number of rotatable bonds is 6. The van der Waals surface area contributed by atoms with Crippen molar-refractivity contribution in [3.63, 3.8) is 0 Å². The SMILES string of the molecule is CCCCN(Cc1c(O)cccc1Cl)c1ccccc1. The van der Waals surface area contributed by atoms with Gasteiger partial charge in [-0.2, -0.15) is 0 Å². The average molecular weight is 290 g/mol. The fourth-order valence-electron chi connectivity index (χ4n) is 2.18. The molecule has 0 atom stereocenters. The van der Waals surface area contributed by atoms with Crippen LogP contribution in [0.5, 0.6) is 5.75 Å². The molecule has 0 aliphatic carbocycles. The highest BCUT2D eigenvalue weighted by Gasteiger charge is 2.12. The molecule has 3 heteroatoms. The van der Waals surface area contributed by atoms with Gasteiger partial charge in [0.2, 0.25) is 0 Å². The normalized spacial score (nSPS) is 10.5. The van der Waals surface area contributed by atoms with Crippen molar-refractivity contribution < 1.29 is 5.11 Å². The number of para-hydroxylation sites is 1. The van der Waals surface area contributed by atoms with Crippen LogP contribution in [0.15, 0.2) is 48.5 Å². The standard InChI is InChI=1S/C17H20ClNO/c1-2-3-12-19(14-8-5-4-6-9-14)13-15-16(18)10-7-11-17(15)20/h4-11,20H,2-3,12-13H2,1H3. The number of anilines is 1. The number of nitrogens with zero attached hydrogens (tertiary/aromatic N) is 1. The maximum Gasteiger partial charge on any atom is 0.122 e. The molecule has 0 saturated carbocycles. The molecule has 0 heterocycles. The maximum atomic E-state index is 10.0. The van der Waals surface area contributed by atoms with Gasteiger partial charge in [-0.3, -0.25) is 0 Å². The highest BCUT2D eigenvalue weighted by Crippen LogP contribution is 2.28. The van der Waals surface area contributed by atoms with Crippen LogP contribution in [0.2, 0.25) is 5.02 Å². The maximum absolute atomic E-state index is 10.0. The van der Waals surface area contributed by atoms with Gasteiger partial charge in [-0.15, -0.1) is 0 Å². The molecule has 0 aromatic heterocycles. The molecular weight excluding hydrogens is 270 g/mol. The molecule has 0 unspecified atom stereocenters. The summed E-state index contributed by atoms with van der Waals surface area (Å²) >= 11 is 6.21. The van der Waals surface area contributed by atoms with Crippen molar-refractivity contribution in [3.8, 4) is 5.75 Å². The molecule has 2 nitrogen and oxygen atoms in total. The molecule has 106 valence electrons. The summed E-state index contributed by atoms with van der Waals surface area (Å²) in [6.07, 6.45) is 2.25. The Kier molecular flexibility index (Phi) is 5.31. The first-order valence-electron chi connectivity index (χ1n) is 6.98. The molecule has 1 N–H and O–H groups in total. The Hall–Kier alpha value is -1.67. The fraction of sp³-hybridized carbons (Fsp3) is 0.294. The van der Waals surface area contributed by atoms with Gasteiger partial charge in [0.15, 0.2) is 0 Å². The molecule has 0 aliphatic rings. The van der Waals surface area contributed by atoms with Crippen LogP contribution >= 0.6 is 11.6 Å². The fourth-order valence-corrected chi connectivity index (χ4v) is 2.41. The molecule has 0 aliphatic heterocycles. The molecule has 0 saturated heterocycles. The van der Waals surface area contributed by atoms with E-state index in [0.717, 1.165) is 30.6 Å². The zero-order valence-corrected chi connectivity index (χ0v) is 12.5. The Balaban J connectivity index is 2.24. The molecule has 2 rings (SSSR count). The number of aromatic hydroxyl groups is 1. The average Bonchev–Trinajstić information content (AvgIpc) is 2.47. The van der Waals surface area contributed by atoms with E-state index in [0.29, 0.717) is 11.6 Å². The van der Waals surface area contributed by atoms with Gasteiger partial charge in [0.05, 0.1) is 0 Å². The molecule has 0 spiro atoms. The topological polar surface area (TPSA) is 23.5 Å². The third-order valence-corrected chi connectivity index (χ3v) is 3.70. The molecule has 0 bridgehead atoms. The van der Waals surface area contributed by atoms with Crippen LogP contribution in [0.25, 0.3) is 0 Å². The molecule has 0 radical (unpaired) electrons. The molecule has 0 fully saturated rings. The predicted octanol–water partition coefficient (Wildman–Crippen LogP) is 4.85. The highest BCUT2D eigenvalue weighted by molar-refractivity contribution is 6.31. The van der Waals surface area contributed by atoms with Gasteiger partial charge in [-0.1, -0.05) is 49.2 Å². The second-order valence-corrected chi connectivity index (χ2v) is 5.26. The lowest BCUT2D eigenvalue weighted by atomic mass is 10.1. The summed E-state index contributed by atoms with van der Waals surface area (Å²) in [6, 6.07) is 15.5. The smallest absolute Gasteiger partial charge is 0.122 e. The highest BCUT2D eigenvalue weighted by atomic mass is 35.5. The van der Waals surface area contributed by atoms with Crippen molar-refractivity contribution in [1.29, 1.82) is 0 Å². The van der Waals surface area contributed by atoms with E-state index in [2.05, 4.69) is 24.0 Å². The van der Waals surface area contributed by atoms with Crippen molar-refractivity contribution >= 4 is 17.3 Å². The minimum Gasteiger partial charge on any atom is -0.508 e. The van der Waals surface area contributed by atoms with Gasteiger partial charge in [-0.05, 0) is 30.7 Å². The number of phenols is 1. The number of halogens is 1. The van der Waals surface area contributed by atoms with E-state index in [9.17, 15) is 5.11 Å². The summed E-state index contributed by atoms with van der Waals surface area (Å²) in [4.78, 5) is 2.25. The molecule has 20 heavy (non-hydrogen) atoms. The first-order chi connectivity index (χ1) is 9.72. The lowest BCUT2D eigenvalue weighted by Crippen LogP contribution is -2.24. The first-order valence-corrected chi connectivity index (χ1v) is 7.36. The van der Waals surface area contributed by atoms with Crippen LogP contribution in [0.4, 0.5) is 5.69 Å². The second-order valence-electron chi connectivity index (χ2n) is 4.85. The zero-order valence-electron chi connectivity index (χ0n) is 11.7. The summed E-state index contributed by atoms with van der Waals surface area (Å²) in [7, 11) is 0. The van der Waals surface area contributed by atoms with Crippen LogP contribution in [0.1, 0.15) is 25.3 Å². The Bertz CT molecular complexity index is 522. The molecule has 0 amide bonds. The Morgan fingerprint density at radius 2 is 1.80 bits per heavy atom. The van der Waals surface area contributed by atoms with Crippen LogP contribution < -0.4 is 4.90 Å². The van der Waals surface area contributed by atoms with Crippen molar-refractivity contribution in [3.05, 3.63) is 59.1 Å². The van der Waals surface area contributed by atoms with Crippen LogP contribution in [-0.4, -0.2) is 11.7 Å². The van der Waals surface area contributed by atoms with Gasteiger partial charge in [0.25, 0.3) is 0 Å². The van der Waals surface area contributed by atoms with E-state index in [1.807, 2.05) is 24.3 Å². The minimum absolute atomic E-state index is 0.259. The van der Waals surface area contributed by atoms with Gasteiger partial charge in [0.1, 0.15) is 5.75 Å². The number of hydrogen-bond acceptors (Lipinski definition) is 2. The first kappa shape index (κ1) is 14.7. The monoisotopic (exact) mass is 289 g/mol. The summed E-state index contributed by atoms with van der Waals surface area (Å²) in [6.45, 7) is 3.75. The number of unbranched alkanes of at least 4 members (excludes halogenated alkanes) is 1. The van der Waals surface area contributed by atoms with Gasteiger partial charge >= 0.3 is 0 Å². The lowest BCUT2D eigenvalue weighted by molar-refractivity contribution is 0.467. The summed E-state index contributed by atoms with van der Waals surface area (Å²) in [5, 5.41) is 10.6. The summed E-state index contributed by atoms with van der Waals surface area (Å²) < 4.78 is 0. The van der Waals surface area contributed by atoms with Gasteiger partial charge < -0.3 is 10.0 Å². The predicted molar refractivity (Wildman–Crippen MR) is 85.5 cm³/mol. The lowest BCUT2D eigenvalue weighted by Gasteiger charge is -2.25. The van der Waals surface area contributed by atoms with Crippen molar-refractivity contribution in [2.75, 3.05) is 11.4 Å². The third-order valence-electron chi connectivity index (χ3n) is 3.35. The van der Waals surface area contributed by atoms with Crippen molar-refractivity contribution in [2.45, 2.75) is 26.3 Å². The van der Waals surface area contributed by atoms with E-state index in [1.165, 1.54) is 0 Å². The van der Waals surface area contributed by atoms with E-state index >= 15 is 0 Å². The summed E-state index contributed by atoms with van der Waals surface area (Å²) in [5.41, 5.74) is 1.94. The van der Waals surface area contributed by atoms with E-state index in [4.69, 9.17) is 11.6 Å². The Morgan fingerprint density at radius 3 is 2.45 bits per heavy atom. The number of benzene rings is 2. The molecular formula is C17H20ClNO. The molecule has 2 aromatic carbocycles. The summed E-state index contributed by atoms with van der Waals surface area (Å²) in [5.74, 6) is 0.259. The Labute approximate surface area is 125 Å². The molecule has 2 aromatic rings. The quantitative estimate of drug-likeness (QED) is 0.821. The minimum atomic E-state index is 0.259. The second kappa shape index (κ2) is 7.20. The van der Waals surface area contributed by atoms with Crippen molar-refractivity contribution in [1.82, 2.24) is 0 Å². The zero-order chi connectivity index (χ0) is 14.4. The van der Waals surface area contributed by atoms with E-state index in [1.54, 1.807) is 12.1 Å². The van der Waals surface area contributed by atoms with Crippen molar-refractivity contribution in [2.24, 2.45) is 0 Å². The van der Waals surface area contributed by atoms with E-state index in [-0.39, 0.29) is 5.75 Å². The van der Waals surface area contributed by atoms with Crippen LogP contribution in [0, 0.1) is 0 Å². The van der Waals surface area contributed by atoms with Crippen LogP contribution in [-0.2, 0) is 6.54 Å². The largest absolute Gasteiger partial charge is 0.508 e. The van der Waals surface area contributed by atoms with E-state index < -0.39 is 0 Å². The third kappa shape index (κ3) is 3.67. The van der Waals surface area contributed by atoms with Crippen LogP contribution in [0.3, 0.4) is 0 Å². The Morgan fingerprint density at radius 1 is 1.05 bits per heavy atom. The number of phenolic OH excluding ortho intramolecular Hbond substituents is 1.